The van der Waals surface area contributed by atoms with E-state index in [0.29, 0.717) is 12.5 Å². The normalized spacial score (nSPS) is 11.0. The lowest BCUT2D eigenvalue weighted by molar-refractivity contribution is 0.691. The van der Waals surface area contributed by atoms with Gasteiger partial charge in [-0.2, -0.15) is 5.26 Å². The molecule has 0 aliphatic rings. The Morgan fingerprint density at radius 1 is 1.28 bits per heavy atom. The molecule has 0 saturated carbocycles. The van der Waals surface area contributed by atoms with Crippen LogP contribution in [0.1, 0.15) is 29.7 Å². The minimum Gasteiger partial charge on any atom is -0.356 e. The molecule has 5 nitrogen and oxygen atoms in total. The second kappa shape index (κ2) is 10.5. The smallest absolute Gasteiger partial charge is 0.205 e. The Labute approximate surface area is 157 Å². The second-order valence-corrected chi connectivity index (χ2v) is 6.60. The Balaban J connectivity index is 1.74. The standard InChI is InChI=1S/C19H22BrN5/c1-15-11-17(20)13-23-18(15)9-5-6-10-22-19(25-14-21)24-12-16-7-3-2-4-8-16/h2-4,7-8,11,13H,5-6,9-10,12H2,1H3,(H2,22,24,25). The fourth-order valence-electron chi connectivity index (χ4n) is 2.40. The highest BCUT2D eigenvalue weighted by Gasteiger charge is 2.02. The van der Waals surface area contributed by atoms with Gasteiger partial charge in [-0.05, 0) is 59.3 Å². The molecule has 6 heteroatoms. The van der Waals surface area contributed by atoms with Gasteiger partial charge in [0.2, 0.25) is 5.96 Å². The van der Waals surface area contributed by atoms with E-state index in [1.807, 2.05) is 42.7 Å². The van der Waals surface area contributed by atoms with Crippen LogP contribution in [-0.2, 0) is 13.0 Å². The van der Waals surface area contributed by atoms with Crippen molar-refractivity contribution in [1.29, 1.82) is 5.26 Å². The van der Waals surface area contributed by atoms with E-state index in [-0.39, 0.29) is 0 Å². The van der Waals surface area contributed by atoms with Gasteiger partial charge in [-0.25, -0.2) is 4.99 Å². The molecule has 0 spiro atoms. The number of aliphatic imine (C=N–C) groups is 1. The van der Waals surface area contributed by atoms with E-state index < -0.39 is 0 Å². The summed E-state index contributed by atoms with van der Waals surface area (Å²) in [5.74, 6) is 0.518. The van der Waals surface area contributed by atoms with Crippen molar-refractivity contribution in [2.45, 2.75) is 32.7 Å². The van der Waals surface area contributed by atoms with Crippen LogP contribution in [0.25, 0.3) is 0 Å². The molecule has 2 rings (SSSR count). The number of hydrogen-bond acceptors (Lipinski definition) is 3. The highest BCUT2D eigenvalue weighted by molar-refractivity contribution is 9.10. The van der Waals surface area contributed by atoms with E-state index in [0.717, 1.165) is 41.5 Å². The van der Waals surface area contributed by atoms with Crippen LogP contribution in [0.5, 0.6) is 0 Å². The van der Waals surface area contributed by atoms with Crippen molar-refractivity contribution in [1.82, 2.24) is 15.6 Å². The third-order valence-corrected chi connectivity index (χ3v) is 4.16. The van der Waals surface area contributed by atoms with Crippen molar-refractivity contribution in [3.63, 3.8) is 0 Å². The van der Waals surface area contributed by atoms with Gasteiger partial charge < -0.3 is 5.32 Å². The Morgan fingerprint density at radius 2 is 2.08 bits per heavy atom. The summed E-state index contributed by atoms with van der Waals surface area (Å²) in [5.41, 5.74) is 3.45. The number of nitrogens with zero attached hydrogens (tertiary/aromatic N) is 3. The number of hydrogen-bond donors (Lipinski definition) is 2. The van der Waals surface area contributed by atoms with Crippen molar-refractivity contribution >= 4 is 21.9 Å². The number of nitrogens with one attached hydrogen (secondary N) is 2. The number of pyridine rings is 1. The van der Waals surface area contributed by atoms with Crippen LogP contribution in [0.4, 0.5) is 0 Å². The largest absolute Gasteiger partial charge is 0.356 e. The van der Waals surface area contributed by atoms with Gasteiger partial charge in [0.05, 0.1) is 6.54 Å². The van der Waals surface area contributed by atoms with Crippen LogP contribution in [-0.4, -0.2) is 17.5 Å². The van der Waals surface area contributed by atoms with Gasteiger partial charge in [0.1, 0.15) is 0 Å². The minimum atomic E-state index is 0.518. The molecule has 0 saturated heterocycles. The van der Waals surface area contributed by atoms with Gasteiger partial charge in [-0.15, -0.1) is 0 Å². The van der Waals surface area contributed by atoms with Crippen LogP contribution in [0, 0.1) is 18.4 Å². The number of aromatic nitrogens is 1. The zero-order chi connectivity index (χ0) is 17.9. The van der Waals surface area contributed by atoms with Gasteiger partial charge >= 0.3 is 0 Å². The van der Waals surface area contributed by atoms with E-state index >= 15 is 0 Å². The van der Waals surface area contributed by atoms with Crippen LogP contribution in [0.15, 0.2) is 52.1 Å². The molecule has 0 amide bonds. The molecule has 0 bridgehead atoms. The number of benzene rings is 1. The molecule has 0 radical (unpaired) electrons. The third-order valence-electron chi connectivity index (χ3n) is 3.72. The molecule has 1 aromatic heterocycles. The first-order valence-corrected chi connectivity index (χ1v) is 9.06. The van der Waals surface area contributed by atoms with Gasteiger partial charge in [-0.3, -0.25) is 10.3 Å². The van der Waals surface area contributed by atoms with Crippen LogP contribution >= 0.6 is 15.9 Å². The fraction of sp³-hybridized carbons (Fsp3) is 0.316. The van der Waals surface area contributed by atoms with E-state index in [2.05, 4.69) is 49.5 Å². The molecule has 2 aromatic rings. The molecule has 0 atom stereocenters. The monoisotopic (exact) mass is 399 g/mol. The summed E-state index contributed by atoms with van der Waals surface area (Å²) in [6.07, 6.45) is 6.72. The Hall–Kier alpha value is -2.39. The zero-order valence-electron chi connectivity index (χ0n) is 14.3. The first kappa shape index (κ1) is 18.9. The molecule has 1 aromatic carbocycles. The van der Waals surface area contributed by atoms with Gasteiger partial charge in [0, 0.05) is 22.9 Å². The summed E-state index contributed by atoms with van der Waals surface area (Å²) >= 11 is 3.43. The van der Waals surface area contributed by atoms with Crippen molar-refractivity contribution in [3.8, 4) is 6.19 Å². The van der Waals surface area contributed by atoms with Gasteiger partial charge in [-0.1, -0.05) is 30.3 Å². The Bertz CT molecular complexity index is 737. The first-order chi connectivity index (χ1) is 12.2. The highest BCUT2D eigenvalue weighted by atomic mass is 79.9. The minimum absolute atomic E-state index is 0.518. The van der Waals surface area contributed by atoms with E-state index in [4.69, 9.17) is 5.26 Å². The average Bonchev–Trinajstić information content (AvgIpc) is 2.62. The Morgan fingerprint density at radius 3 is 2.80 bits per heavy atom. The van der Waals surface area contributed by atoms with Gasteiger partial charge in [0.25, 0.3) is 0 Å². The molecule has 0 aliphatic carbocycles. The Kier molecular flexibility index (Phi) is 7.93. The lowest BCUT2D eigenvalue weighted by atomic mass is 10.1. The van der Waals surface area contributed by atoms with Crippen molar-refractivity contribution in [2.24, 2.45) is 4.99 Å². The topological polar surface area (TPSA) is 73.1 Å². The first-order valence-electron chi connectivity index (χ1n) is 8.27. The number of rotatable bonds is 7. The second-order valence-electron chi connectivity index (χ2n) is 5.69. The zero-order valence-corrected chi connectivity index (χ0v) is 15.9. The molecule has 25 heavy (non-hydrogen) atoms. The predicted molar refractivity (Wildman–Crippen MR) is 104 cm³/mol. The predicted octanol–water partition coefficient (Wildman–Crippen LogP) is 3.69. The third kappa shape index (κ3) is 6.94. The number of nitriles is 1. The van der Waals surface area contributed by atoms with Crippen molar-refractivity contribution < 1.29 is 0 Å². The number of halogens is 1. The summed E-state index contributed by atoms with van der Waals surface area (Å²) in [7, 11) is 0. The maximum absolute atomic E-state index is 8.84. The molecule has 0 fully saturated rings. The average molecular weight is 400 g/mol. The molecular weight excluding hydrogens is 378 g/mol. The SMILES string of the molecule is Cc1cc(Br)cnc1CCCCNC(=NCc1ccccc1)NC#N. The van der Waals surface area contributed by atoms with E-state index in [1.165, 1.54) is 5.56 Å². The summed E-state index contributed by atoms with van der Waals surface area (Å²) in [6.45, 7) is 3.38. The summed E-state index contributed by atoms with van der Waals surface area (Å²) in [6, 6.07) is 12.1. The summed E-state index contributed by atoms with van der Waals surface area (Å²) in [5, 5.41) is 14.6. The quantitative estimate of drug-likeness (QED) is 0.245. The van der Waals surface area contributed by atoms with E-state index in [1.54, 1.807) is 0 Å². The van der Waals surface area contributed by atoms with Crippen molar-refractivity contribution in [3.05, 3.63) is 63.9 Å². The van der Waals surface area contributed by atoms with Crippen LogP contribution in [0.2, 0.25) is 0 Å². The molecule has 130 valence electrons. The number of guanidine groups is 1. The molecule has 0 unspecified atom stereocenters. The van der Waals surface area contributed by atoms with Crippen molar-refractivity contribution in [2.75, 3.05) is 6.54 Å². The molecule has 2 N–H and O–H groups in total. The molecule has 1 heterocycles. The van der Waals surface area contributed by atoms with Crippen LogP contribution < -0.4 is 10.6 Å². The molecule has 0 aliphatic heterocycles. The lowest BCUT2D eigenvalue weighted by Gasteiger charge is -2.09. The maximum atomic E-state index is 8.84. The van der Waals surface area contributed by atoms with Crippen LogP contribution in [0.3, 0.4) is 0 Å². The maximum Gasteiger partial charge on any atom is 0.205 e. The summed E-state index contributed by atoms with van der Waals surface area (Å²) in [4.78, 5) is 8.87. The van der Waals surface area contributed by atoms with Gasteiger partial charge in [0.15, 0.2) is 6.19 Å². The van der Waals surface area contributed by atoms with E-state index in [9.17, 15) is 0 Å². The fourth-order valence-corrected chi connectivity index (χ4v) is 2.85. The molecular formula is C19H22BrN5. The lowest BCUT2D eigenvalue weighted by Crippen LogP contribution is -2.35. The summed E-state index contributed by atoms with van der Waals surface area (Å²) < 4.78 is 1.01. The number of aryl methyl sites for hydroxylation is 2. The number of unbranched alkanes of at least 4 members (excludes halogenated alkanes) is 1. The highest BCUT2D eigenvalue weighted by Crippen LogP contribution is 2.14.